The summed E-state index contributed by atoms with van der Waals surface area (Å²) in [5, 5.41) is 4.17. The van der Waals surface area contributed by atoms with Crippen molar-refractivity contribution >= 4 is 28.6 Å². The molecule has 0 unspecified atom stereocenters. The fourth-order valence-corrected chi connectivity index (χ4v) is 4.72. The Kier molecular flexibility index (Phi) is 6.30. The van der Waals surface area contributed by atoms with Crippen molar-refractivity contribution in [2.24, 2.45) is 11.8 Å². The van der Waals surface area contributed by atoms with E-state index in [1.165, 1.54) is 18.4 Å². The zero-order valence-corrected chi connectivity index (χ0v) is 17.4. The minimum Gasteiger partial charge on any atom is -0.423 e. The fraction of sp³-hybridized carbons (Fsp3) is 0.545. The molecule has 0 aliphatic heterocycles. The van der Waals surface area contributed by atoms with Crippen LogP contribution < -0.4 is 10.9 Å². The number of carbonyl (C=O) groups excluding carboxylic acids is 1. The summed E-state index contributed by atoms with van der Waals surface area (Å²) in [7, 11) is 0. The predicted molar refractivity (Wildman–Crippen MR) is 112 cm³/mol. The molecule has 3 rings (SSSR count). The Balaban J connectivity index is 1.62. The van der Waals surface area contributed by atoms with Crippen molar-refractivity contribution in [3.05, 3.63) is 45.3 Å². The Labute approximate surface area is 165 Å². The van der Waals surface area contributed by atoms with Gasteiger partial charge < -0.3 is 9.73 Å². The van der Waals surface area contributed by atoms with Crippen molar-refractivity contribution in [1.82, 2.24) is 5.32 Å². The Morgan fingerprint density at radius 3 is 2.70 bits per heavy atom. The summed E-state index contributed by atoms with van der Waals surface area (Å²) in [6.45, 7) is 8.57. The second-order valence-electron chi connectivity index (χ2n) is 7.96. The van der Waals surface area contributed by atoms with Crippen LogP contribution in [0.15, 0.2) is 27.4 Å². The van der Waals surface area contributed by atoms with Crippen molar-refractivity contribution in [3.8, 4) is 0 Å². The highest BCUT2D eigenvalue weighted by atomic mass is 32.2. The van der Waals surface area contributed by atoms with Crippen LogP contribution in [0.5, 0.6) is 0 Å². The molecule has 1 amide bonds. The Morgan fingerprint density at radius 1 is 1.19 bits per heavy atom. The summed E-state index contributed by atoms with van der Waals surface area (Å²) >= 11 is 1.55. The van der Waals surface area contributed by atoms with E-state index >= 15 is 0 Å². The standard InChI is InChI=1S/C22H29NO3S/c1-13-6-5-7-19(16(13)4)23-21(24)12-27-11-17-10-22(25)26-20-9-15(3)14(2)8-18(17)20/h8-10,13,16,19H,5-7,11-12H2,1-4H3,(H,23,24)/t13-,16+,19+/m1/s1. The van der Waals surface area contributed by atoms with Gasteiger partial charge in [-0.3, -0.25) is 4.79 Å². The van der Waals surface area contributed by atoms with Crippen molar-refractivity contribution in [2.75, 3.05) is 5.75 Å². The Bertz CT molecular complexity index is 889. The minimum atomic E-state index is -0.337. The third-order valence-corrected chi connectivity index (χ3v) is 6.97. The van der Waals surface area contributed by atoms with E-state index in [1.807, 2.05) is 13.0 Å². The first-order valence-corrected chi connectivity index (χ1v) is 10.9. The average Bonchev–Trinajstić information content (AvgIpc) is 2.60. The number of rotatable bonds is 5. The molecule has 1 N–H and O–H groups in total. The summed E-state index contributed by atoms with van der Waals surface area (Å²) in [4.78, 5) is 24.2. The molecule has 2 aromatic rings. The van der Waals surface area contributed by atoms with Gasteiger partial charge in [-0.1, -0.05) is 26.7 Å². The van der Waals surface area contributed by atoms with Crippen LogP contribution in [0.4, 0.5) is 0 Å². The van der Waals surface area contributed by atoms with Crippen LogP contribution in [0.1, 0.15) is 49.8 Å². The van der Waals surface area contributed by atoms with Gasteiger partial charge in [-0.15, -0.1) is 11.8 Å². The molecule has 4 nitrogen and oxygen atoms in total. The van der Waals surface area contributed by atoms with Gasteiger partial charge in [-0.25, -0.2) is 4.79 Å². The molecule has 0 saturated heterocycles. The van der Waals surface area contributed by atoms with Gasteiger partial charge >= 0.3 is 5.63 Å². The van der Waals surface area contributed by atoms with Crippen LogP contribution in [0.25, 0.3) is 11.0 Å². The first-order valence-electron chi connectivity index (χ1n) is 9.76. The number of amides is 1. The van der Waals surface area contributed by atoms with Gasteiger partial charge in [-0.05, 0) is 60.9 Å². The monoisotopic (exact) mass is 387 g/mol. The molecule has 5 heteroatoms. The molecule has 0 spiro atoms. The third kappa shape index (κ3) is 4.75. The second kappa shape index (κ2) is 8.51. The van der Waals surface area contributed by atoms with Crippen LogP contribution in [-0.4, -0.2) is 17.7 Å². The maximum atomic E-state index is 12.4. The number of fused-ring (bicyclic) bond motifs is 1. The Morgan fingerprint density at radius 2 is 1.93 bits per heavy atom. The number of aryl methyl sites for hydroxylation is 2. The van der Waals surface area contributed by atoms with E-state index in [-0.39, 0.29) is 17.6 Å². The smallest absolute Gasteiger partial charge is 0.336 e. The fourth-order valence-electron chi connectivity index (χ4n) is 3.89. The lowest BCUT2D eigenvalue weighted by Gasteiger charge is -2.34. The molecule has 1 aromatic heterocycles. The summed E-state index contributed by atoms with van der Waals surface area (Å²) in [5.41, 5.74) is 3.49. The van der Waals surface area contributed by atoms with E-state index in [1.54, 1.807) is 17.8 Å². The first kappa shape index (κ1) is 20.0. The van der Waals surface area contributed by atoms with E-state index in [0.29, 0.717) is 28.9 Å². The van der Waals surface area contributed by atoms with E-state index in [9.17, 15) is 9.59 Å². The highest BCUT2D eigenvalue weighted by molar-refractivity contribution is 7.99. The van der Waals surface area contributed by atoms with Gasteiger partial charge in [0.1, 0.15) is 5.58 Å². The van der Waals surface area contributed by atoms with E-state index in [0.717, 1.165) is 22.9 Å². The lowest BCUT2D eigenvalue weighted by atomic mass is 9.78. The van der Waals surface area contributed by atoms with Crippen LogP contribution >= 0.6 is 11.8 Å². The highest BCUT2D eigenvalue weighted by Crippen LogP contribution is 2.29. The number of nitrogens with one attached hydrogen (secondary N) is 1. The molecular weight excluding hydrogens is 358 g/mol. The summed E-state index contributed by atoms with van der Waals surface area (Å²) in [6, 6.07) is 5.82. The third-order valence-electron chi connectivity index (χ3n) is 5.99. The van der Waals surface area contributed by atoms with Gasteiger partial charge in [0.15, 0.2) is 0 Å². The molecule has 27 heavy (non-hydrogen) atoms. The van der Waals surface area contributed by atoms with Crippen LogP contribution in [0, 0.1) is 25.7 Å². The SMILES string of the molecule is Cc1cc2oc(=O)cc(CSCC(=O)N[C@H]3CCC[C@@H](C)[C@@H]3C)c2cc1C. The van der Waals surface area contributed by atoms with Gasteiger partial charge in [0.05, 0.1) is 5.75 Å². The van der Waals surface area contributed by atoms with Gasteiger partial charge in [0, 0.05) is 23.2 Å². The predicted octanol–water partition coefficient (Wildman–Crippen LogP) is 4.58. The van der Waals surface area contributed by atoms with Crippen molar-refractivity contribution in [1.29, 1.82) is 0 Å². The van der Waals surface area contributed by atoms with E-state index < -0.39 is 0 Å². The van der Waals surface area contributed by atoms with Crippen LogP contribution in [0.2, 0.25) is 0 Å². The summed E-state index contributed by atoms with van der Waals surface area (Å²) in [5.74, 6) is 2.31. The zero-order valence-electron chi connectivity index (χ0n) is 16.6. The topological polar surface area (TPSA) is 59.3 Å². The summed E-state index contributed by atoms with van der Waals surface area (Å²) in [6.07, 6.45) is 3.52. The molecule has 1 aromatic carbocycles. The second-order valence-corrected chi connectivity index (χ2v) is 8.94. The zero-order chi connectivity index (χ0) is 19.6. The van der Waals surface area contributed by atoms with Crippen molar-refractivity contribution in [3.63, 3.8) is 0 Å². The van der Waals surface area contributed by atoms with E-state index in [2.05, 4.69) is 32.2 Å². The molecule has 1 aliphatic rings. The van der Waals surface area contributed by atoms with Crippen LogP contribution in [0.3, 0.4) is 0 Å². The summed E-state index contributed by atoms with van der Waals surface area (Å²) < 4.78 is 5.34. The minimum absolute atomic E-state index is 0.0882. The first-order chi connectivity index (χ1) is 12.8. The quantitative estimate of drug-likeness (QED) is 0.763. The largest absolute Gasteiger partial charge is 0.423 e. The molecule has 1 aliphatic carbocycles. The maximum Gasteiger partial charge on any atom is 0.336 e. The molecule has 3 atom stereocenters. The number of hydrogen-bond donors (Lipinski definition) is 1. The molecule has 1 fully saturated rings. The molecule has 146 valence electrons. The van der Waals surface area contributed by atoms with Gasteiger partial charge in [0.2, 0.25) is 5.91 Å². The van der Waals surface area contributed by atoms with E-state index in [4.69, 9.17) is 4.42 Å². The number of benzene rings is 1. The molecule has 0 radical (unpaired) electrons. The van der Waals surface area contributed by atoms with Crippen molar-refractivity contribution < 1.29 is 9.21 Å². The Hall–Kier alpha value is -1.75. The molecular formula is C22H29NO3S. The number of hydrogen-bond acceptors (Lipinski definition) is 4. The normalized spacial score (nSPS) is 22.7. The van der Waals surface area contributed by atoms with Crippen LogP contribution in [-0.2, 0) is 10.5 Å². The lowest BCUT2D eigenvalue weighted by molar-refractivity contribution is -0.119. The van der Waals surface area contributed by atoms with Crippen molar-refractivity contribution in [2.45, 2.75) is 58.8 Å². The molecule has 1 heterocycles. The van der Waals surface area contributed by atoms with Gasteiger partial charge in [0.25, 0.3) is 0 Å². The lowest BCUT2D eigenvalue weighted by Crippen LogP contribution is -2.44. The molecule has 1 saturated carbocycles. The highest BCUT2D eigenvalue weighted by Gasteiger charge is 2.27. The van der Waals surface area contributed by atoms with Gasteiger partial charge in [-0.2, -0.15) is 0 Å². The average molecular weight is 388 g/mol. The number of thioether (sulfide) groups is 1. The number of carbonyl (C=O) groups is 1. The molecule has 0 bridgehead atoms. The maximum absolute atomic E-state index is 12.4.